The van der Waals surface area contributed by atoms with Crippen LogP contribution >= 0.6 is 28.1 Å². The van der Waals surface area contributed by atoms with E-state index in [0.717, 1.165) is 14.9 Å². The first-order valence-electron chi connectivity index (χ1n) is 7.05. The zero-order valence-electron chi connectivity index (χ0n) is 10.5. The van der Waals surface area contributed by atoms with Crippen molar-refractivity contribution in [3.63, 3.8) is 0 Å². The summed E-state index contributed by atoms with van der Waals surface area (Å²) in [5, 5.41) is 0. The maximum absolute atomic E-state index is 5.40. The Morgan fingerprint density at radius 1 is 1.00 bits per heavy atom. The molecule has 4 heteroatoms. The molecule has 2 nitrogen and oxygen atoms in total. The van der Waals surface area contributed by atoms with Gasteiger partial charge in [-0.3, -0.25) is 0 Å². The molecular weight excluding hydrogens is 308 g/mol. The summed E-state index contributed by atoms with van der Waals surface area (Å²) in [6.07, 6.45) is 10.5. The molecule has 2 saturated carbocycles. The van der Waals surface area contributed by atoms with Gasteiger partial charge in [0.1, 0.15) is 10.5 Å². The van der Waals surface area contributed by atoms with Crippen LogP contribution in [0.15, 0.2) is 4.47 Å². The van der Waals surface area contributed by atoms with Crippen molar-refractivity contribution in [1.82, 2.24) is 9.97 Å². The maximum atomic E-state index is 5.40. The molecule has 3 rings (SSSR count). The van der Waals surface area contributed by atoms with Crippen LogP contribution in [0.2, 0.25) is 0 Å². The van der Waals surface area contributed by atoms with Crippen LogP contribution in [0, 0.1) is 4.64 Å². The molecule has 2 aliphatic rings. The predicted octanol–water partition coefficient (Wildman–Crippen LogP) is 5.22. The van der Waals surface area contributed by atoms with Crippen molar-refractivity contribution in [2.24, 2.45) is 0 Å². The zero-order valence-corrected chi connectivity index (χ0v) is 12.9. The van der Waals surface area contributed by atoms with Crippen LogP contribution in [0.25, 0.3) is 0 Å². The van der Waals surface area contributed by atoms with Gasteiger partial charge in [0.25, 0.3) is 0 Å². The number of aromatic nitrogens is 2. The van der Waals surface area contributed by atoms with Crippen molar-refractivity contribution in [2.45, 2.75) is 63.2 Å². The van der Waals surface area contributed by atoms with E-state index in [1.807, 2.05) is 0 Å². The molecule has 2 fully saturated rings. The summed E-state index contributed by atoms with van der Waals surface area (Å²) in [6, 6.07) is 0. The zero-order chi connectivity index (χ0) is 12.5. The van der Waals surface area contributed by atoms with Crippen molar-refractivity contribution < 1.29 is 0 Å². The van der Waals surface area contributed by atoms with Gasteiger partial charge in [-0.05, 0) is 41.6 Å². The fourth-order valence-corrected chi connectivity index (χ4v) is 3.61. The second-order valence-corrected chi connectivity index (χ2v) is 6.80. The second-order valence-electron chi connectivity index (χ2n) is 5.62. The van der Waals surface area contributed by atoms with Gasteiger partial charge >= 0.3 is 0 Å². The lowest BCUT2D eigenvalue weighted by Gasteiger charge is -2.15. The highest BCUT2D eigenvalue weighted by Gasteiger charge is 2.28. The van der Waals surface area contributed by atoms with E-state index in [9.17, 15) is 0 Å². The summed E-state index contributed by atoms with van der Waals surface area (Å²) in [5.41, 5.74) is 1.30. The topological polar surface area (TPSA) is 28.7 Å². The van der Waals surface area contributed by atoms with Gasteiger partial charge in [0.05, 0.1) is 4.47 Å². The third-order valence-corrected chi connectivity index (χ3v) is 5.50. The van der Waals surface area contributed by atoms with E-state index < -0.39 is 0 Å². The molecule has 0 bridgehead atoms. The highest BCUT2D eigenvalue weighted by Crippen LogP contribution is 2.43. The highest BCUT2D eigenvalue weighted by atomic mass is 79.9. The first-order chi connectivity index (χ1) is 8.75. The van der Waals surface area contributed by atoms with Gasteiger partial charge in [-0.2, -0.15) is 0 Å². The summed E-state index contributed by atoms with van der Waals surface area (Å²) in [7, 11) is 0. The summed E-state index contributed by atoms with van der Waals surface area (Å²) < 4.78 is 1.77. The molecule has 1 aromatic rings. The van der Waals surface area contributed by atoms with E-state index in [-0.39, 0.29) is 0 Å². The number of nitrogens with one attached hydrogen (secondary N) is 1. The van der Waals surface area contributed by atoms with E-state index in [1.165, 1.54) is 57.1 Å². The summed E-state index contributed by atoms with van der Waals surface area (Å²) >= 11 is 9.00. The van der Waals surface area contributed by atoms with Crippen LogP contribution < -0.4 is 0 Å². The van der Waals surface area contributed by atoms with Gasteiger partial charge in [-0.25, -0.2) is 4.98 Å². The monoisotopic (exact) mass is 326 g/mol. The molecule has 0 amide bonds. The summed E-state index contributed by atoms with van der Waals surface area (Å²) in [4.78, 5) is 8.21. The van der Waals surface area contributed by atoms with Gasteiger partial charge in [-0.15, -0.1) is 0 Å². The van der Waals surface area contributed by atoms with Gasteiger partial charge in [-0.1, -0.05) is 37.9 Å². The van der Waals surface area contributed by atoms with Crippen LogP contribution in [0.5, 0.6) is 0 Å². The van der Waals surface area contributed by atoms with E-state index in [4.69, 9.17) is 12.2 Å². The third-order valence-electron chi connectivity index (χ3n) is 4.14. The number of rotatable bonds is 2. The van der Waals surface area contributed by atoms with Crippen molar-refractivity contribution in [3.05, 3.63) is 20.6 Å². The van der Waals surface area contributed by atoms with Gasteiger partial charge in [0.2, 0.25) is 0 Å². The molecule has 0 atom stereocenters. The number of halogens is 1. The number of hydrogen-bond donors (Lipinski definition) is 1. The standard InChI is InChI=1S/C14H19BrN2S/c15-11-12(9-7-8-9)16-13(17-14(11)18)10-5-3-1-2-4-6-10/h9-10H,1-8H2,(H,16,17,18). The Bertz CT molecular complexity index is 485. The Balaban J connectivity index is 1.93. The minimum absolute atomic E-state index is 0.597. The quantitative estimate of drug-likeness (QED) is 0.596. The molecule has 0 aliphatic heterocycles. The van der Waals surface area contributed by atoms with Crippen LogP contribution in [-0.2, 0) is 0 Å². The molecule has 0 spiro atoms. The average Bonchev–Trinajstić information content (AvgIpc) is 3.17. The normalized spacial score (nSPS) is 21.8. The molecule has 1 aromatic heterocycles. The van der Waals surface area contributed by atoms with E-state index in [1.54, 1.807) is 0 Å². The number of H-pyrrole nitrogens is 1. The van der Waals surface area contributed by atoms with Gasteiger partial charge < -0.3 is 4.98 Å². The lowest BCUT2D eigenvalue weighted by molar-refractivity contribution is 0.556. The molecule has 98 valence electrons. The van der Waals surface area contributed by atoms with E-state index in [2.05, 4.69) is 25.9 Å². The second kappa shape index (κ2) is 5.41. The summed E-state index contributed by atoms with van der Waals surface area (Å²) in [6.45, 7) is 0. The van der Waals surface area contributed by atoms with Crippen molar-refractivity contribution in [2.75, 3.05) is 0 Å². The van der Waals surface area contributed by atoms with Crippen LogP contribution in [0.4, 0.5) is 0 Å². The lowest BCUT2D eigenvalue weighted by Crippen LogP contribution is -2.07. The number of aromatic amines is 1. The molecule has 0 aromatic carbocycles. The van der Waals surface area contributed by atoms with Crippen molar-refractivity contribution >= 4 is 28.1 Å². The lowest BCUT2D eigenvalue weighted by atomic mass is 9.99. The minimum Gasteiger partial charge on any atom is -0.346 e. The van der Waals surface area contributed by atoms with Crippen LogP contribution in [0.3, 0.4) is 0 Å². The first-order valence-corrected chi connectivity index (χ1v) is 8.25. The van der Waals surface area contributed by atoms with Gasteiger partial charge in [0, 0.05) is 17.5 Å². The molecule has 2 aliphatic carbocycles. The number of nitrogens with zero attached hydrogens (tertiary/aromatic N) is 1. The smallest absolute Gasteiger partial charge is 0.144 e. The Labute approximate surface area is 122 Å². The Morgan fingerprint density at radius 3 is 2.28 bits per heavy atom. The third kappa shape index (κ3) is 2.69. The van der Waals surface area contributed by atoms with Crippen molar-refractivity contribution in [1.29, 1.82) is 0 Å². The molecular formula is C14H19BrN2S. The minimum atomic E-state index is 0.597. The Morgan fingerprint density at radius 2 is 1.67 bits per heavy atom. The fourth-order valence-electron chi connectivity index (χ4n) is 2.89. The Hall–Kier alpha value is -0.220. The summed E-state index contributed by atoms with van der Waals surface area (Å²) in [5.74, 6) is 2.43. The molecule has 0 unspecified atom stereocenters. The maximum Gasteiger partial charge on any atom is 0.144 e. The van der Waals surface area contributed by atoms with E-state index in [0.29, 0.717) is 11.8 Å². The fraction of sp³-hybridized carbons (Fsp3) is 0.714. The van der Waals surface area contributed by atoms with Gasteiger partial charge in [0.15, 0.2) is 0 Å². The first kappa shape index (κ1) is 12.8. The Kier molecular flexibility index (Phi) is 3.85. The molecule has 18 heavy (non-hydrogen) atoms. The van der Waals surface area contributed by atoms with E-state index >= 15 is 0 Å². The molecule has 1 N–H and O–H groups in total. The largest absolute Gasteiger partial charge is 0.346 e. The highest BCUT2D eigenvalue weighted by molar-refractivity contribution is 9.10. The SMILES string of the molecule is S=c1nc(C2CCCCCC2)[nH]c(C2CC2)c1Br. The molecule has 0 radical (unpaired) electrons. The molecule has 1 heterocycles. The van der Waals surface area contributed by atoms with Crippen LogP contribution in [-0.4, -0.2) is 9.97 Å². The number of hydrogen-bond acceptors (Lipinski definition) is 2. The van der Waals surface area contributed by atoms with Crippen molar-refractivity contribution in [3.8, 4) is 0 Å². The van der Waals surface area contributed by atoms with Crippen LogP contribution in [0.1, 0.15) is 74.7 Å². The average molecular weight is 327 g/mol. The molecule has 0 saturated heterocycles. The predicted molar refractivity (Wildman–Crippen MR) is 79.5 cm³/mol.